The van der Waals surface area contributed by atoms with Crippen molar-refractivity contribution < 1.29 is 0 Å². The number of H-pyrrole nitrogens is 1. The minimum Gasteiger partial charge on any atom is -0.345 e. The van der Waals surface area contributed by atoms with Crippen molar-refractivity contribution in [3.63, 3.8) is 0 Å². The number of hydrogen-bond acceptors (Lipinski definition) is 2. The minimum atomic E-state index is 0.0578. The fourth-order valence-electron chi connectivity index (χ4n) is 0.944. The van der Waals surface area contributed by atoms with Gasteiger partial charge in [-0.3, -0.25) is 0 Å². The highest BCUT2D eigenvalue weighted by molar-refractivity contribution is 5.12. The number of aryl methyl sites for hydroxylation is 2. The van der Waals surface area contributed by atoms with Gasteiger partial charge in [0.05, 0.1) is 11.7 Å². The Morgan fingerprint density at radius 2 is 2.18 bits per heavy atom. The van der Waals surface area contributed by atoms with Gasteiger partial charge >= 0.3 is 0 Å². The van der Waals surface area contributed by atoms with Crippen molar-refractivity contribution in [2.75, 3.05) is 0 Å². The van der Waals surface area contributed by atoms with Crippen LogP contribution in [0.1, 0.15) is 36.6 Å². The van der Waals surface area contributed by atoms with Gasteiger partial charge in [-0.05, 0) is 20.3 Å². The molecule has 0 bridgehead atoms. The van der Waals surface area contributed by atoms with E-state index in [0.717, 1.165) is 23.6 Å². The molecule has 1 atom stereocenters. The summed E-state index contributed by atoms with van der Waals surface area (Å²) in [4.78, 5) is 7.46. The van der Waals surface area contributed by atoms with Gasteiger partial charge in [0, 0.05) is 5.69 Å². The first-order valence-corrected chi connectivity index (χ1v) is 3.93. The maximum atomic E-state index is 5.78. The van der Waals surface area contributed by atoms with Crippen molar-refractivity contribution >= 4 is 0 Å². The van der Waals surface area contributed by atoms with Gasteiger partial charge in [-0.25, -0.2) is 4.98 Å². The minimum absolute atomic E-state index is 0.0578. The molecule has 3 nitrogen and oxygen atoms in total. The smallest absolute Gasteiger partial charge is 0.123 e. The Kier molecular flexibility index (Phi) is 2.29. The van der Waals surface area contributed by atoms with Crippen LogP contribution in [-0.4, -0.2) is 9.97 Å². The highest BCUT2D eigenvalue weighted by Crippen LogP contribution is 2.11. The predicted molar refractivity (Wildman–Crippen MR) is 45.3 cm³/mol. The number of imidazole rings is 1. The van der Waals surface area contributed by atoms with E-state index in [1.807, 2.05) is 13.8 Å². The third-order valence-corrected chi connectivity index (χ3v) is 1.94. The Morgan fingerprint density at radius 3 is 2.55 bits per heavy atom. The number of aromatic amines is 1. The van der Waals surface area contributed by atoms with Gasteiger partial charge in [0.1, 0.15) is 5.82 Å². The Morgan fingerprint density at radius 1 is 1.55 bits per heavy atom. The summed E-state index contributed by atoms with van der Waals surface area (Å²) >= 11 is 0. The molecule has 1 rings (SSSR count). The summed E-state index contributed by atoms with van der Waals surface area (Å²) in [5.41, 5.74) is 7.94. The molecular weight excluding hydrogens is 138 g/mol. The van der Waals surface area contributed by atoms with Crippen molar-refractivity contribution in [3.8, 4) is 0 Å². The van der Waals surface area contributed by atoms with E-state index >= 15 is 0 Å². The lowest BCUT2D eigenvalue weighted by Crippen LogP contribution is -2.10. The number of nitrogens with zero attached hydrogens (tertiary/aromatic N) is 1. The van der Waals surface area contributed by atoms with E-state index in [1.165, 1.54) is 0 Å². The summed E-state index contributed by atoms with van der Waals surface area (Å²) in [6.45, 7) is 6.05. The molecular formula is C8H15N3. The monoisotopic (exact) mass is 153 g/mol. The lowest BCUT2D eigenvalue weighted by atomic mass is 10.2. The first kappa shape index (κ1) is 8.27. The van der Waals surface area contributed by atoms with Gasteiger partial charge in [0.25, 0.3) is 0 Å². The first-order valence-electron chi connectivity index (χ1n) is 3.93. The molecule has 0 aliphatic carbocycles. The highest BCUT2D eigenvalue weighted by atomic mass is 15.0. The number of nitrogens with one attached hydrogen (secondary N) is 1. The molecule has 0 aromatic carbocycles. The van der Waals surface area contributed by atoms with Crippen molar-refractivity contribution in [3.05, 3.63) is 17.2 Å². The van der Waals surface area contributed by atoms with Crippen molar-refractivity contribution in [2.24, 2.45) is 5.73 Å². The number of rotatable bonds is 2. The molecule has 3 N–H and O–H groups in total. The molecule has 0 unspecified atom stereocenters. The number of hydrogen-bond donors (Lipinski definition) is 2. The average molecular weight is 153 g/mol. The van der Waals surface area contributed by atoms with E-state index in [-0.39, 0.29) is 6.04 Å². The molecule has 0 amide bonds. The van der Waals surface area contributed by atoms with Crippen LogP contribution in [0.5, 0.6) is 0 Å². The van der Waals surface area contributed by atoms with E-state index in [9.17, 15) is 0 Å². The molecule has 0 saturated heterocycles. The molecule has 0 aliphatic rings. The van der Waals surface area contributed by atoms with Crippen LogP contribution in [0.25, 0.3) is 0 Å². The molecule has 11 heavy (non-hydrogen) atoms. The Balaban J connectivity index is 2.88. The zero-order valence-corrected chi connectivity index (χ0v) is 7.31. The second-order valence-corrected chi connectivity index (χ2v) is 2.85. The van der Waals surface area contributed by atoms with Crippen LogP contribution in [0.4, 0.5) is 0 Å². The molecule has 62 valence electrons. The Hall–Kier alpha value is -0.830. The van der Waals surface area contributed by atoms with Crippen LogP contribution < -0.4 is 5.73 Å². The summed E-state index contributed by atoms with van der Waals surface area (Å²) in [6, 6.07) is 0.0578. The predicted octanol–water partition coefficient (Wildman–Crippen LogP) is 1.44. The Bertz CT molecular complexity index is 220. The molecule has 1 aromatic rings. The molecule has 0 fully saturated rings. The van der Waals surface area contributed by atoms with Crippen molar-refractivity contribution in [2.45, 2.75) is 33.2 Å². The molecule has 0 spiro atoms. The molecule has 0 radical (unpaired) electrons. The molecule has 3 heteroatoms. The molecule has 1 heterocycles. The van der Waals surface area contributed by atoms with Gasteiger partial charge < -0.3 is 10.7 Å². The third kappa shape index (κ3) is 1.60. The quantitative estimate of drug-likeness (QED) is 0.675. The van der Waals surface area contributed by atoms with Gasteiger partial charge in [0.2, 0.25) is 0 Å². The summed E-state index contributed by atoms with van der Waals surface area (Å²) < 4.78 is 0. The lowest BCUT2D eigenvalue weighted by molar-refractivity contribution is 0.656. The average Bonchev–Trinajstić information content (AvgIpc) is 2.31. The fraction of sp³-hybridized carbons (Fsp3) is 0.625. The van der Waals surface area contributed by atoms with Crippen LogP contribution in [-0.2, 0) is 0 Å². The maximum absolute atomic E-state index is 5.78. The largest absolute Gasteiger partial charge is 0.345 e. The Labute approximate surface area is 67.0 Å². The fourth-order valence-corrected chi connectivity index (χ4v) is 0.944. The van der Waals surface area contributed by atoms with Crippen LogP contribution in [0.3, 0.4) is 0 Å². The summed E-state index contributed by atoms with van der Waals surface area (Å²) in [5.74, 6) is 0.905. The molecule has 0 saturated carbocycles. The second kappa shape index (κ2) is 3.05. The van der Waals surface area contributed by atoms with E-state index in [1.54, 1.807) is 0 Å². The summed E-state index contributed by atoms with van der Waals surface area (Å²) in [5, 5.41) is 0. The zero-order chi connectivity index (χ0) is 8.43. The van der Waals surface area contributed by atoms with Crippen LogP contribution in [0.2, 0.25) is 0 Å². The van der Waals surface area contributed by atoms with E-state index in [2.05, 4.69) is 16.9 Å². The SMILES string of the molecule is CC[C@H](N)c1nc(C)c(C)[nH]1. The standard InChI is InChI=1S/C8H15N3/c1-4-7(9)8-10-5(2)6(3)11-8/h7H,4,9H2,1-3H3,(H,10,11)/t7-/m0/s1. The van der Waals surface area contributed by atoms with E-state index in [0.29, 0.717) is 0 Å². The van der Waals surface area contributed by atoms with Gasteiger partial charge in [-0.15, -0.1) is 0 Å². The van der Waals surface area contributed by atoms with E-state index in [4.69, 9.17) is 5.73 Å². The zero-order valence-electron chi connectivity index (χ0n) is 7.31. The number of nitrogens with two attached hydrogens (primary N) is 1. The van der Waals surface area contributed by atoms with E-state index < -0.39 is 0 Å². The third-order valence-electron chi connectivity index (χ3n) is 1.94. The highest BCUT2D eigenvalue weighted by Gasteiger charge is 2.08. The normalized spacial score (nSPS) is 13.5. The summed E-state index contributed by atoms with van der Waals surface area (Å²) in [7, 11) is 0. The molecule has 0 aliphatic heterocycles. The van der Waals surface area contributed by atoms with Gasteiger partial charge in [-0.2, -0.15) is 0 Å². The van der Waals surface area contributed by atoms with Gasteiger partial charge in [0.15, 0.2) is 0 Å². The first-order chi connectivity index (χ1) is 5.15. The van der Waals surface area contributed by atoms with Crippen LogP contribution in [0.15, 0.2) is 0 Å². The van der Waals surface area contributed by atoms with Crippen molar-refractivity contribution in [1.82, 2.24) is 9.97 Å². The lowest BCUT2D eigenvalue weighted by Gasteiger charge is -2.02. The molecule has 1 aromatic heterocycles. The number of aromatic nitrogens is 2. The van der Waals surface area contributed by atoms with Crippen LogP contribution >= 0.6 is 0 Å². The summed E-state index contributed by atoms with van der Waals surface area (Å²) in [6.07, 6.45) is 0.923. The second-order valence-electron chi connectivity index (χ2n) is 2.85. The maximum Gasteiger partial charge on any atom is 0.123 e. The van der Waals surface area contributed by atoms with Crippen LogP contribution in [0, 0.1) is 13.8 Å². The van der Waals surface area contributed by atoms with Crippen molar-refractivity contribution in [1.29, 1.82) is 0 Å². The topological polar surface area (TPSA) is 54.7 Å². The van der Waals surface area contributed by atoms with Gasteiger partial charge in [-0.1, -0.05) is 6.92 Å².